The van der Waals surface area contributed by atoms with Crippen LogP contribution in [0.25, 0.3) is 0 Å². The molecule has 2 nitrogen and oxygen atoms in total. The summed E-state index contributed by atoms with van der Waals surface area (Å²) in [5.74, 6) is 0.150. The van der Waals surface area contributed by atoms with E-state index < -0.39 is 0 Å². The Morgan fingerprint density at radius 3 is 2.62 bits per heavy atom. The number of ketones is 1. The summed E-state index contributed by atoms with van der Waals surface area (Å²) >= 11 is 5.98. The van der Waals surface area contributed by atoms with Crippen LogP contribution in [-0.2, 0) is 0 Å². The molecule has 0 N–H and O–H groups in total. The highest BCUT2D eigenvalue weighted by atomic mass is 35.5. The predicted octanol–water partition coefficient (Wildman–Crippen LogP) is 3.01. The van der Waals surface area contributed by atoms with Gasteiger partial charge in [0.2, 0.25) is 0 Å². The molecule has 0 spiro atoms. The van der Waals surface area contributed by atoms with Gasteiger partial charge in [-0.2, -0.15) is 0 Å². The van der Waals surface area contributed by atoms with Gasteiger partial charge in [-0.1, -0.05) is 23.7 Å². The first kappa shape index (κ1) is 11.6. The molecule has 0 bridgehead atoms. The van der Waals surface area contributed by atoms with E-state index in [0.29, 0.717) is 17.0 Å². The van der Waals surface area contributed by atoms with Gasteiger partial charge in [0, 0.05) is 18.5 Å². The zero-order valence-corrected chi connectivity index (χ0v) is 10.0. The Morgan fingerprint density at radius 1 is 1.25 bits per heavy atom. The van der Waals surface area contributed by atoms with Crippen molar-refractivity contribution in [3.63, 3.8) is 0 Å². The summed E-state index contributed by atoms with van der Waals surface area (Å²) in [5, 5.41) is 0.564. The second-order valence-corrected chi connectivity index (χ2v) is 4.61. The normalized spacial score (nSPS) is 16.6. The number of likely N-dealkylation sites (tertiary alicyclic amines) is 1. The van der Waals surface area contributed by atoms with Crippen LogP contribution < -0.4 is 0 Å². The van der Waals surface area contributed by atoms with E-state index in [4.69, 9.17) is 11.6 Å². The molecular weight excluding hydrogens is 222 g/mol. The van der Waals surface area contributed by atoms with Crippen molar-refractivity contribution in [2.24, 2.45) is 0 Å². The third-order valence-corrected chi connectivity index (χ3v) is 3.36. The van der Waals surface area contributed by atoms with E-state index in [1.807, 2.05) is 12.1 Å². The minimum Gasteiger partial charge on any atom is -0.303 e. The van der Waals surface area contributed by atoms with Gasteiger partial charge in [0.1, 0.15) is 0 Å². The van der Waals surface area contributed by atoms with Gasteiger partial charge in [0.15, 0.2) is 5.78 Å². The lowest BCUT2D eigenvalue weighted by Crippen LogP contribution is -2.22. The Balaban J connectivity index is 1.90. The highest BCUT2D eigenvalue weighted by Gasteiger charge is 2.14. The predicted molar refractivity (Wildman–Crippen MR) is 66.1 cm³/mol. The van der Waals surface area contributed by atoms with Crippen LogP contribution in [0.15, 0.2) is 24.3 Å². The lowest BCUT2D eigenvalue weighted by molar-refractivity contribution is 0.0969. The topological polar surface area (TPSA) is 20.3 Å². The molecule has 0 radical (unpaired) electrons. The van der Waals surface area contributed by atoms with E-state index in [2.05, 4.69) is 4.90 Å². The lowest BCUT2D eigenvalue weighted by atomic mass is 10.1. The Hall–Kier alpha value is -0.860. The first-order chi connectivity index (χ1) is 7.77. The molecule has 0 atom stereocenters. The summed E-state index contributed by atoms with van der Waals surface area (Å²) in [7, 11) is 0. The molecule has 0 saturated carbocycles. The van der Waals surface area contributed by atoms with E-state index in [9.17, 15) is 4.79 Å². The van der Waals surface area contributed by atoms with Crippen molar-refractivity contribution in [2.45, 2.75) is 19.3 Å². The molecule has 86 valence electrons. The Morgan fingerprint density at radius 2 is 1.94 bits per heavy atom. The first-order valence-electron chi connectivity index (χ1n) is 5.77. The SMILES string of the molecule is O=C(CCN1CCCC1)c1ccccc1Cl. The Kier molecular flexibility index (Phi) is 3.97. The van der Waals surface area contributed by atoms with Gasteiger partial charge in [-0.3, -0.25) is 4.79 Å². The third-order valence-electron chi connectivity index (χ3n) is 3.03. The summed E-state index contributed by atoms with van der Waals surface area (Å²) in [6.45, 7) is 3.13. The van der Waals surface area contributed by atoms with E-state index in [1.54, 1.807) is 12.1 Å². The van der Waals surface area contributed by atoms with E-state index in [0.717, 1.165) is 19.6 Å². The second-order valence-electron chi connectivity index (χ2n) is 4.20. The van der Waals surface area contributed by atoms with Crippen molar-refractivity contribution in [3.05, 3.63) is 34.9 Å². The van der Waals surface area contributed by atoms with Crippen LogP contribution in [0.2, 0.25) is 5.02 Å². The van der Waals surface area contributed by atoms with Crippen LogP contribution in [-0.4, -0.2) is 30.3 Å². The molecular formula is C13H16ClNO. The van der Waals surface area contributed by atoms with Gasteiger partial charge in [0.25, 0.3) is 0 Å². The van der Waals surface area contributed by atoms with Crippen LogP contribution in [0.3, 0.4) is 0 Å². The molecule has 0 unspecified atom stereocenters. The monoisotopic (exact) mass is 237 g/mol. The molecule has 1 aromatic rings. The largest absolute Gasteiger partial charge is 0.303 e. The highest BCUT2D eigenvalue weighted by molar-refractivity contribution is 6.33. The molecule has 3 heteroatoms. The fraction of sp³-hybridized carbons (Fsp3) is 0.462. The average Bonchev–Trinajstić information content (AvgIpc) is 2.79. The maximum absolute atomic E-state index is 11.9. The second kappa shape index (κ2) is 5.46. The number of nitrogens with zero attached hydrogens (tertiary/aromatic N) is 1. The third kappa shape index (κ3) is 2.83. The molecule has 2 rings (SSSR count). The summed E-state index contributed by atoms with van der Waals surface area (Å²) in [4.78, 5) is 14.3. The van der Waals surface area contributed by atoms with Gasteiger partial charge in [-0.15, -0.1) is 0 Å². The maximum atomic E-state index is 11.9. The van der Waals surface area contributed by atoms with E-state index in [1.165, 1.54) is 12.8 Å². The van der Waals surface area contributed by atoms with Gasteiger partial charge in [-0.25, -0.2) is 0 Å². The number of carbonyl (C=O) groups excluding carboxylic acids is 1. The molecule has 0 aliphatic carbocycles. The molecule has 1 aliphatic heterocycles. The van der Waals surface area contributed by atoms with Crippen LogP contribution >= 0.6 is 11.6 Å². The zero-order chi connectivity index (χ0) is 11.4. The number of Topliss-reactive ketones (excluding diaryl/α,β-unsaturated/α-hetero) is 1. The number of benzene rings is 1. The summed E-state index contributed by atoms with van der Waals surface area (Å²) in [6.07, 6.45) is 3.10. The van der Waals surface area contributed by atoms with Crippen molar-refractivity contribution < 1.29 is 4.79 Å². The van der Waals surface area contributed by atoms with Crippen molar-refractivity contribution in [1.82, 2.24) is 4.90 Å². The lowest BCUT2D eigenvalue weighted by Gasteiger charge is -2.13. The fourth-order valence-corrected chi connectivity index (χ4v) is 2.33. The maximum Gasteiger partial charge on any atom is 0.165 e. The van der Waals surface area contributed by atoms with Crippen LogP contribution in [0.1, 0.15) is 29.6 Å². The van der Waals surface area contributed by atoms with Gasteiger partial charge < -0.3 is 4.90 Å². The number of carbonyl (C=O) groups is 1. The van der Waals surface area contributed by atoms with Crippen molar-refractivity contribution in [3.8, 4) is 0 Å². The number of rotatable bonds is 4. The highest BCUT2D eigenvalue weighted by Crippen LogP contribution is 2.17. The van der Waals surface area contributed by atoms with Gasteiger partial charge in [-0.05, 0) is 38.1 Å². The molecule has 0 amide bonds. The summed E-state index contributed by atoms with van der Waals surface area (Å²) < 4.78 is 0. The van der Waals surface area contributed by atoms with Gasteiger partial charge in [0.05, 0.1) is 5.02 Å². The summed E-state index contributed by atoms with van der Waals surface area (Å²) in [5.41, 5.74) is 0.656. The molecule has 1 fully saturated rings. The first-order valence-corrected chi connectivity index (χ1v) is 6.15. The summed E-state index contributed by atoms with van der Waals surface area (Å²) in [6, 6.07) is 7.27. The van der Waals surface area contributed by atoms with Crippen molar-refractivity contribution in [1.29, 1.82) is 0 Å². The average molecular weight is 238 g/mol. The zero-order valence-electron chi connectivity index (χ0n) is 9.29. The smallest absolute Gasteiger partial charge is 0.165 e. The number of hydrogen-bond acceptors (Lipinski definition) is 2. The Labute approximate surface area is 101 Å². The quantitative estimate of drug-likeness (QED) is 0.751. The molecule has 1 saturated heterocycles. The van der Waals surface area contributed by atoms with E-state index >= 15 is 0 Å². The minimum atomic E-state index is 0.150. The standard InChI is InChI=1S/C13H16ClNO/c14-12-6-2-1-5-11(12)13(16)7-10-15-8-3-4-9-15/h1-2,5-6H,3-4,7-10H2. The van der Waals surface area contributed by atoms with E-state index in [-0.39, 0.29) is 5.78 Å². The molecule has 1 heterocycles. The molecule has 0 aromatic heterocycles. The van der Waals surface area contributed by atoms with Crippen molar-refractivity contribution in [2.75, 3.05) is 19.6 Å². The van der Waals surface area contributed by atoms with Crippen molar-refractivity contribution >= 4 is 17.4 Å². The minimum absolute atomic E-state index is 0.150. The molecule has 16 heavy (non-hydrogen) atoms. The van der Waals surface area contributed by atoms with Crippen LogP contribution in [0.5, 0.6) is 0 Å². The molecule has 1 aliphatic rings. The Bertz CT molecular complexity index is 372. The van der Waals surface area contributed by atoms with Crippen LogP contribution in [0.4, 0.5) is 0 Å². The number of hydrogen-bond donors (Lipinski definition) is 0. The fourth-order valence-electron chi connectivity index (χ4n) is 2.09. The van der Waals surface area contributed by atoms with Crippen LogP contribution in [0, 0.1) is 0 Å². The molecule has 1 aromatic carbocycles. The van der Waals surface area contributed by atoms with Gasteiger partial charge >= 0.3 is 0 Å². The number of halogens is 1.